The summed E-state index contributed by atoms with van der Waals surface area (Å²) >= 11 is 0. The van der Waals surface area contributed by atoms with Gasteiger partial charge in [0.1, 0.15) is 0 Å². The minimum Gasteiger partial charge on any atom is -0.314 e. The van der Waals surface area contributed by atoms with Crippen molar-refractivity contribution in [2.24, 2.45) is 11.8 Å². The van der Waals surface area contributed by atoms with Gasteiger partial charge >= 0.3 is 0 Å². The van der Waals surface area contributed by atoms with Gasteiger partial charge in [0.25, 0.3) is 0 Å². The molecular formula is C14H30N2. The minimum absolute atomic E-state index is 0.675. The fraction of sp³-hybridized carbons (Fsp3) is 1.00. The van der Waals surface area contributed by atoms with Crippen LogP contribution in [0.2, 0.25) is 0 Å². The quantitative estimate of drug-likeness (QED) is 0.672. The number of nitrogens with one attached hydrogen (secondary N) is 1. The second-order valence-corrected chi connectivity index (χ2v) is 6.05. The van der Waals surface area contributed by atoms with Gasteiger partial charge < -0.3 is 10.2 Å². The summed E-state index contributed by atoms with van der Waals surface area (Å²) < 4.78 is 0. The highest BCUT2D eigenvalue weighted by atomic mass is 15.1. The van der Waals surface area contributed by atoms with E-state index in [0.717, 1.165) is 17.9 Å². The molecule has 0 spiro atoms. The van der Waals surface area contributed by atoms with Crippen LogP contribution in [0.3, 0.4) is 0 Å². The molecule has 0 saturated heterocycles. The zero-order chi connectivity index (χ0) is 12.1. The summed E-state index contributed by atoms with van der Waals surface area (Å²) in [7, 11) is 2.21. The molecule has 1 rings (SSSR count). The van der Waals surface area contributed by atoms with Gasteiger partial charge in [0.2, 0.25) is 0 Å². The molecule has 0 amide bonds. The van der Waals surface area contributed by atoms with E-state index in [1.54, 1.807) is 0 Å². The summed E-state index contributed by atoms with van der Waals surface area (Å²) in [4.78, 5) is 2.42. The van der Waals surface area contributed by atoms with Crippen molar-refractivity contribution >= 4 is 0 Å². The zero-order valence-corrected chi connectivity index (χ0v) is 11.8. The van der Waals surface area contributed by atoms with Crippen molar-refractivity contribution in [3.8, 4) is 0 Å². The van der Waals surface area contributed by atoms with E-state index in [2.05, 4.69) is 45.0 Å². The highest BCUT2D eigenvalue weighted by Crippen LogP contribution is 2.33. The molecule has 2 nitrogen and oxygen atoms in total. The van der Waals surface area contributed by atoms with Crippen molar-refractivity contribution in [3.05, 3.63) is 0 Å². The molecule has 0 atom stereocenters. The van der Waals surface area contributed by atoms with Crippen LogP contribution in [0.5, 0.6) is 0 Å². The lowest BCUT2D eigenvalue weighted by atomic mass is 9.74. The predicted octanol–water partition coefficient (Wildman–Crippen LogP) is 2.74. The summed E-state index contributed by atoms with van der Waals surface area (Å²) in [6, 6.07) is 1.49. The molecule has 1 aliphatic rings. The van der Waals surface area contributed by atoms with Gasteiger partial charge in [0, 0.05) is 12.1 Å². The van der Waals surface area contributed by atoms with Crippen LogP contribution in [0.4, 0.5) is 0 Å². The van der Waals surface area contributed by atoms with E-state index in [1.165, 1.54) is 32.4 Å². The SMILES string of the molecule is CC(C)C1CC(NCCCN(C)C(C)C)C1. The Morgan fingerprint density at radius 1 is 1.19 bits per heavy atom. The third-order valence-electron chi connectivity index (χ3n) is 4.12. The Morgan fingerprint density at radius 3 is 2.31 bits per heavy atom. The highest BCUT2D eigenvalue weighted by Gasteiger charge is 2.30. The van der Waals surface area contributed by atoms with E-state index in [0.29, 0.717) is 6.04 Å². The van der Waals surface area contributed by atoms with Gasteiger partial charge in [0.15, 0.2) is 0 Å². The summed E-state index contributed by atoms with van der Waals surface area (Å²) in [6.07, 6.45) is 4.08. The summed E-state index contributed by atoms with van der Waals surface area (Å²) in [5.74, 6) is 1.86. The van der Waals surface area contributed by atoms with Crippen molar-refractivity contribution in [3.63, 3.8) is 0 Å². The lowest BCUT2D eigenvalue weighted by Crippen LogP contribution is -2.43. The van der Waals surface area contributed by atoms with Crippen LogP contribution in [0, 0.1) is 11.8 Å². The number of hydrogen-bond donors (Lipinski definition) is 1. The van der Waals surface area contributed by atoms with Gasteiger partial charge in [-0.1, -0.05) is 13.8 Å². The van der Waals surface area contributed by atoms with Crippen LogP contribution in [0.1, 0.15) is 47.0 Å². The normalized spacial score (nSPS) is 25.5. The molecule has 0 bridgehead atoms. The average molecular weight is 226 g/mol. The Hall–Kier alpha value is -0.0800. The monoisotopic (exact) mass is 226 g/mol. The van der Waals surface area contributed by atoms with Crippen LogP contribution < -0.4 is 5.32 Å². The molecule has 96 valence electrons. The van der Waals surface area contributed by atoms with Gasteiger partial charge in [-0.05, 0) is 65.1 Å². The van der Waals surface area contributed by atoms with Crippen LogP contribution in [-0.4, -0.2) is 37.1 Å². The first kappa shape index (κ1) is 14.0. The maximum Gasteiger partial charge on any atom is 0.00725 e. The standard InChI is InChI=1S/C14H30N2/c1-11(2)13-9-14(10-13)15-7-6-8-16(5)12(3)4/h11-15H,6-10H2,1-5H3. The summed E-state index contributed by atoms with van der Waals surface area (Å²) in [5.41, 5.74) is 0. The van der Waals surface area contributed by atoms with Crippen molar-refractivity contribution in [1.82, 2.24) is 10.2 Å². The maximum atomic E-state index is 3.67. The van der Waals surface area contributed by atoms with E-state index >= 15 is 0 Å². The molecule has 1 fully saturated rings. The van der Waals surface area contributed by atoms with Crippen molar-refractivity contribution in [1.29, 1.82) is 0 Å². The van der Waals surface area contributed by atoms with Crippen molar-refractivity contribution in [2.45, 2.75) is 59.0 Å². The molecule has 1 aliphatic carbocycles. The summed E-state index contributed by atoms with van der Waals surface area (Å²) in [6.45, 7) is 11.6. The molecule has 0 heterocycles. The van der Waals surface area contributed by atoms with Crippen molar-refractivity contribution < 1.29 is 0 Å². The second-order valence-electron chi connectivity index (χ2n) is 6.05. The Labute approximate surface area is 102 Å². The van der Waals surface area contributed by atoms with Gasteiger partial charge in [-0.2, -0.15) is 0 Å². The fourth-order valence-electron chi connectivity index (χ4n) is 2.27. The molecule has 16 heavy (non-hydrogen) atoms. The molecule has 0 aromatic rings. The van der Waals surface area contributed by atoms with Crippen LogP contribution in [0.25, 0.3) is 0 Å². The highest BCUT2D eigenvalue weighted by molar-refractivity contribution is 4.86. The Bertz CT molecular complexity index is 183. The van der Waals surface area contributed by atoms with E-state index in [1.807, 2.05) is 0 Å². The zero-order valence-electron chi connectivity index (χ0n) is 11.8. The lowest BCUT2D eigenvalue weighted by molar-refractivity contribution is 0.166. The van der Waals surface area contributed by atoms with E-state index < -0.39 is 0 Å². The first-order valence-corrected chi connectivity index (χ1v) is 6.94. The van der Waals surface area contributed by atoms with Crippen LogP contribution in [0.15, 0.2) is 0 Å². The molecule has 1 saturated carbocycles. The molecule has 2 heteroatoms. The summed E-state index contributed by atoms with van der Waals surface area (Å²) in [5, 5.41) is 3.67. The smallest absolute Gasteiger partial charge is 0.00725 e. The number of hydrogen-bond acceptors (Lipinski definition) is 2. The van der Waals surface area contributed by atoms with Crippen LogP contribution >= 0.6 is 0 Å². The Balaban J connectivity index is 1.94. The lowest BCUT2D eigenvalue weighted by Gasteiger charge is -2.38. The van der Waals surface area contributed by atoms with E-state index in [4.69, 9.17) is 0 Å². The molecule has 1 N–H and O–H groups in total. The second kappa shape index (κ2) is 6.61. The largest absolute Gasteiger partial charge is 0.314 e. The van der Waals surface area contributed by atoms with Crippen molar-refractivity contribution in [2.75, 3.05) is 20.1 Å². The fourth-order valence-corrected chi connectivity index (χ4v) is 2.27. The van der Waals surface area contributed by atoms with Gasteiger partial charge in [0.05, 0.1) is 0 Å². The van der Waals surface area contributed by atoms with Gasteiger partial charge in [-0.25, -0.2) is 0 Å². The third-order valence-corrected chi connectivity index (χ3v) is 4.12. The minimum atomic E-state index is 0.675. The molecular weight excluding hydrogens is 196 g/mol. The molecule has 0 aromatic carbocycles. The van der Waals surface area contributed by atoms with Gasteiger partial charge in [-0.3, -0.25) is 0 Å². The first-order valence-electron chi connectivity index (χ1n) is 6.94. The predicted molar refractivity (Wildman–Crippen MR) is 71.7 cm³/mol. The maximum absolute atomic E-state index is 3.67. The van der Waals surface area contributed by atoms with E-state index in [9.17, 15) is 0 Å². The Morgan fingerprint density at radius 2 is 1.81 bits per heavy atom. The number of nitrogens with zero attached hydrogens (tertiary/aromatic N) is 1. The molecule has 0 unspecified atom stereocenters. The molecule has 0 radical (unpaired) electrons. The van der Waals surface area contributed by atoms with Gasteiger partial charge in [-0.15, -0.1) is 0 Å². The van der Waals surface area contributed by atoms with Crippen LogP contribution in [-0.2, 0) is 0 Å². The van der Waals surface area contributed by atoms with E-state index in [-0.39, 0.29) is 0 Å². The Kier molecular flexibility index (Phi) is 5.77. The molecule has 0 aromatic heterocycles. The average Bonchev–Trinajstić information content (AvgIpc) is 2.13. The number of rotatable bonds is 7. The topological polar surface area (TPSA) is 15.3 Å². The third kappa shape index (κ3) is 4.42. The molecule has 0 aliphatic heterocycles. The first-order chi connectivity index (χ1) is 7.50.